The first kappa shape index (κ1) is 14.2. The van der Waals surface area contributed by atoms with E-state index in [9.17, 15) is 0 Å². The largest absolute Gasteiger partial charge is 0.309 e. The van der Waals surface area contributed by atoms with Gasteiger partial charge in [-0.15, -0.1) is 0 Å². The van der Waals surface area contributed by atoms with E-state index in [1.54, 1.807) is 0 Å². The molecule has 0 unspecified atom stereocenters. The molecule has 17 heavy (non-hydrogen) atoms. The third kappa shape index (κ3) is 5.88. The molecule has 0 radical (unpaired) electrons. The highest BCUT2D eigenvalue weighted by molar-refractivity contribution is 5.30. The monoisotopic (exact) mass is 233 g/mol. The molecule has 0 aliphatic carbocycles. The fourth-order valence-electron chi connectivity index (χ4n) is 2.17. The number of hydrogen-bond donors (Lipinski definition) is 0. The summed E-state index contributed by atoms with van der Waals surface area (Å²) in [4.78, 5) is 2.27. The summed E-state index contributed by atoms with van der Waals surface area (Å²) in [6.07, 6.45) is 6.64. The zero-order chi connectivity index (χ0) is 12.7. The van der Waals surface area contributed by atoms with Crippen molar-refractivity contribution < 1.29 is 0 Å². The maximum Gasteiger partial charge on any atom is -0.00248 e. The Morgan fingerprint density at radius 1 is 0.941 bits per heavy atom. The van der Waals surface area contributed by atoms with Gasteiger partial charge >= 0.3 is 0 Å². The van der Waals surface area contributed by atoms with Gasteiger partial charge in [0.1, 0.15) is 0 Å². The van der Waals surface area contributed by atoms with Crippen LogP contribution in [0.4, 0.5) is 0 Å². The Morgan fingerprint density at radius 3 is 2.35 bits per heavy atom. The van der Waals surface area contributed by atoms with Gasteiger partial charge in [-0.3, -0.25) is 0 Å². The molecular formula is C16H27N. The quantitative estimate of drug-likeness (QED) is 0.644. The van der Waals surface area contributed by atoms with E-state index in [1.165, 1.54) is 55.3 Å². The topological polar surface area (TPSA) is 3.24 Å². The number of benzene rings is 1. The molecule has 0 bridgehead atoms. The summed E-state index contributed by atoms with van der Waals surface area (Å²) in [5.74, 6) is 0. The Labute approximate surface area is 107 Å². The molecule has 0 aliphatic heterocycles. The summed E-state index contributed by atoms with van der Waals surface area (Å²) in [6.45, 7) is 5.63. The molecule has 1 aromatic rings. The third-order valence-corrected chi connectivity index (χ3v) is 3.31. The smallest absolute Gasteiger partial charge is 0.00248 e. The third-order valence-electron chi connectivity index (χ3n) is 3.31. The number of unbranched alkanes of at least 4 members (excludes halogenated alkanes) is 3. The van der Waals surface area contributed by atoms with Crippen LogP contribution in [0.5, 0.6) is 0 Å². The molecule has 0 atom stereocenters. The van der Waals surface area contributed by atoms with E-state index in [-0.39, 0.29) is 0 Å². The number of rotatable bonds is 7. The highest BCUT2D eigenvalue weighted by Gasteiger charge is 1.99. The van der Waals surface area contributed by atoms with E-state index in [0.29, 0.717) is 0 Å². The maximum atomic E-state index is 2.34. The minimum absolute atomic E-state index is 1.23. The SMILES string of the molecule is Cc1ccc(C)c(CCCCCCN(C)C)c1. The van der Waals surface area contributed by atoms with Gasteiger partial charge < -0.3 is 4.90 Å². The van der Waals surface area contributed by atoms with Gasteiger partial charge in [0.05, 0.1) is 0 Å². The lowest BCUT2D eigenvalue weighted by Crippen LogP contribution is -2.12. The zero-order valence-electron chi connectivity index (χ0n) is 11.9. The van der Waals surface area contributed by atoms with Crippen molar-refractivity contribution in [1.29, 1.82) is 0 Å². The van der Waals surface area contributed by atoms with Crippen LogP contribution in [0.3, 0.4) is 0 Å². The van der Waals surface area contributed by atoms with Crippen LogP contribution < -0.4 is 0 Å². The molecule has 0 aromatic heterocycles. The van der Waals surface area contributed by atoms with Crippen LogP contribution >= 0.6 is 0 Å². The van der Waals surface area contributed by atoms with Crippen molar-refractivity contribution in [3.8, 4) is 0 Å². The lowest BCUT2D eigenvalue weighted by molar-refractivity contribution is 0.390. The zero-order valence-corrected chi connectivity index (χ0v) is 11.9. The highest BCUT2D eigenvalue weighted by atomic mass is 15.0. The van der Waals surface area contributed by atoms with E-state index in [1.807, 2.05) is 0 Å². The Kier molecular flexibility index (Phi) is 6.28. The molecule has 0 spiro atoms. The van der Waals surface area contributed by atoms with Crippen LogP contribution in [0.15, 0.2) is 18.2 Å². The molecule has 96 valence electrons. The van der Waals surface area contributed by atoms with E-state index in [0.717, 1.165) is 0 Å². The Hall–Kier alpha value is -0.820. The summed E-state index contributed by atoms with van der Waals surface area (Å²) >= 11 is 0. The predicted octanol–water partition coefficient (Wildman–Crippen LogP) is 3.97. The average molecular weight is 233 g/mol. The van der Waals surface area contributed by atoms with Crippen LogP contribution in [0.2, 0.25) is 0 Å². The highest BCUT2D eigenvalue weighted by Crippen LogP contribution is 2.14. The van der Waals surface area contributed by atoms with Gasteiger partial charge in [0.15, 0.2) is 0 Å². The first-order chi connectivity index (χ1) is 8.09. The fraction of sp³-hybridized carbons (Fsp3) is 0.625. The van der Waals surface area contributed by atoms with E-state index >= 15 is 0 Å². The first-order valence-corrected chi connectivity index (χ1v) is 6.80. The van der Waals surface area contributed by atoms with Crippen molar-refractivity contribution in [2.45, 2.75) is 46.0 Å². The lowest BCUT2D eigenvalue weighted by Gasteiger charge is -2.09. The van der Waals surface area contributed by atoms with E-state index in [4.69, 9.17) is 0 Å². The van der Waals surface area contributed by atoms with Crippen LogP contribution in [-0.2, 0) is 6.42 Å². The van der Waals surface area contributed by atoms with Crippen LogP contribution in [0.1, 0.15) is 42.4 Å². The molecule has 0 N–H and O–H groups in total. The van der Waals surface area contributed by atoms with Crippen molar-refractivity contribution in [2.75, 3.05) is 20.6 Å². The fourth-order valence-corrected chi connectivity index (χ4v) is 2.17. The standard InChI is InChI=1S/C16H27N/c1-14-10-11-15(2)16(13-14)9-7-5-6-8-12-17(3)4/h10-11,13H,5-9,12H2,1-4H3. The molecule has 1 aromatic carbocycles. The van der Waals surface area contributed by atoms with Gasteiger partial charge in [-0.05, 0) is 64.9 Å². The maximum absolute atomic E-state index is 2.34. The van der Waals surface area contributed by atoms with Gasteiger partial charge in [-0.2, -0.15) is 0 Å². The molecule has 0 aliphatic rings. The van der Waals surface area contributed by atoms with Crippen LogP contribution in [0, 0.1) is 13.8 Å². The van der Waals surface area contributed by atoms with Crippen molar-refractivity contribution in [3.63, 3.8) is 0 Å². The van der Waals surface area contributed by atoms with Gasteiger partial charge in [-0.25, -0.2) is 0 Å². The molecule has 0 amide bonds. The second kappa shape index (κ2) is 7.50. The molecule has 1 nitrogen and oxygen atoms in total. The number of nitrogens with zero attached hydrogens (tertiary/aromatic N) is 1. The average Bonchev–Trinajstić information content (AvgIpc) is 2.27. The summed E-state index contributed by atoms with van der Waals surface area (Å²) in [6, 6.07) is 6.79. The second-order valence-corrected chi connectivity index (χ2v) is 5.40. The van der Waals surface area contributed by atoms with Gasteiger partial charge in [-0.1, -0.05) is 36.6 Å². The van der Waals surface area contributed by atoms with Gasteiger partial charge in [0.2, 0.25) is 0 Å². The molecule has 0 saturated carbocycles. The van der Waals surface area contributed by atoms with Crippen LogP contribution in [0.25, 0.3) is 0 Å². The van der Waals surface area contributed by atoms with Gasteiger partial charge in [0.25, 0.3) is 0 Å². The van der Waals surface area contributed by atoms with Gasteiger partial charge in [0, 0.05) is 0 Å². The number of hydrogen-bond acceptors (Lipinski definition) is 1. The molecule has 1 rings (SSSR count). The summed E-state index contributed by atoms with van der Waals surface area (Å²) in [7, 11) is 4.30. The van der Waals surface area contributed by atoms with Crippen molar-refractivity contribution in [1.82, 2.24) is 4.90 Å². The Bertz CT molecular complexity index is 328. The summed E-state index contributed by atoms with van der Waals surface area (Å²) in [5.41, 5.74) is 4.37. The van der Waals surface area contributed by atoms with E-state index < -0.39 is 0 Å². The lowest BCUT2D eigenvalue weighted by atomic mass is 10.00. The summed E-state index contributed by atoms with van der Waals surface area (Å²) < 4.78 is 0. The summed E-state index contributed by atoms with van der Waals surface area (Å²) in [5, 5.41) is 0. The Balaban J connectivity index is 2.20. The van der Waals surface area contributed by atoms with Crippen molar-refractivity contribution >= 4 is 0 Å². The Morgan fingerprint density at radius 2 is 1.65 bits per heavy atom. The minimum Gasteiger partial charge on any atom is -0.309 e. The molecule has 1 heteroatoms. The van der Waals surface area contributed by atoms with Crippen LogP contribution in [-0.4, -0.2) is 25.5 Å². The van der Waals surface area contributed by atoms with Crippen molar-refractivity contribution in [2.24, 2.45) is 0 Å². The second-order valence-electron chi connectivity index (χ2n) is 5.40. The molecule has 0 fully saturated rings. The normalized spacial score (nSPS) is 11.1. The molecule has 0 saturated heterocycles. The first-order valence-electron chi connectivity index (χ1n) is 6.80. The predicted molar refractivity (Wildman–Crippen MR) is 76.6 cm³/mol. The van der Waals surface area contributed by atoms with Crippen molar-refractivity contribution in [3.05, 3.63) is 34.9 Å². The van der Waals surface area contributed by atoms with E-state index in [2.05, 4.69) is 51.0 Å². The molecule has 0 heterocycles. The minimum atomic E-state index is 1.23. The molecular weight excluding hydrogens is 206 g/mol. The number of aryl methyl sites for hydroxylation is 3.